The van der Waals surface area contributed by atoms with Crippen LogP contribution in [0.25, 0.3) is 0 Å². The van der Waals surface area contributed by atoms with Crippen LogP contribution in [0.5, 0.6) is 0 Å². The summed E-state index contributed by atoms with van der Waals surface area (Å²) in [5, 5.41) is 12.7. The van der Waals surface area contributed by atoms with Gasteiger partial charge < -0.3 is 20.9 Å². The van der Waals surface area contributed by atoms with Gasteiger partial charge in [0.05, 0.1) is 11.8 Å². The highest BCUT2D eigenvalue weighted by Gasteiger charge is 2.24. The first-order valence-electron chi connectivity index (χ1n) is 10.8. The van der Waals surface area contributed by atoms with Crippen LogP contribution in [0.4, 0.5) is 16.2 Å². The van der Waals surface area contributed by atoms with Crippen LogP contribution in [0.15, 0.2) is 67.0 Å². The molecule has 0 unspecified atom stereocenters. The molecule has 1 saturated heterocycles. The molecule has 0 aliphatic carbocycles. The number of carbonyl (C=O) groups excluding carboxylic acids is 3. The predicted octanol–water partition coefficient (Wildman–Crippen LogP) is 3.10. The van der Waals surface area contributed by atoms with E-state index in [4.69, 9.17) is 0 Å². The largest absolute Gasteiger partial charge is 0.349 e. The van der Waals surface area contributed by atoms with E-state index >= 15 is 0 Å². The first kappa shape index (κ1) is 22.1. The Morgan fingerprint density at radius 3 is 2.15 bits per heavy atom. The van der Waals surface area contributed by atoms with Gasteiger partial charge >= 0.3 is 6.03 Å². The number of nitrogens with one attached hydrogen (secondary N) is 3. The van der Waals surface area contributed by atoms with Crippen LogP contribution < -0.4 is 16.0 Å². The molecule has 33 heavy (non-hydrogen) atoms. The van der Waals surface area contributed by atoms with E-state index in [-0.39, 0.29) is 23.9 Å². The third-order valence-electron chi connectivity index (χ3n) is 5.51. The van der Waals surface area contributed by atoms with Gasteiger partial charge in [0.2, 0.25) is 0 Å². The summed E-state index contributed by atoms with van der Waals surface area (Å²) in [6.45, 7) is 1.09. The maximum atomic E-state index is 12.6. The Labute approximate surface area is 191 Å². The second-order valence-electron chi connectivity index (χ2n) is 7.97. The lowest BCUT2D eigenvalue weighted by Gasteiger charge is -2.32. The Kier molecular flexibility index (Phi) is 6.68. The van der Waals surface area contributed by atoms with Crippen molar-refractivity contribution >= 4 is 29.2 Å². The Balaban J connectivity index is 1.24. The van der Waals surface area contributed by atoms with E-state index in [1.165, 1.54) is 6.20 Å². The number of urea groups is 1. The van der Waals surface area contributed by atoms with Gasteiger partial charge in [0.25, 0.3) is 11.8 Å². The van der Waals surface area contributed by atoms with Crippen molar-refractivity contribution in [1.82, 2.24) is 20.0 Å². The second-order valence-corrected chi connectivity index (χ2v) is 7.97. The number of amides is 4. The van der Waals surface area contributed by atoms with Crippen molar-refractivity contribution in [3.8, 4) is 0 Å². The number of piperidine rings is 1. The van der Waals surface area contributed by atoms with E-state index in [9.17, 15) is 14.4 Å². The molecule has 9 heteroatoms. The first-order chi connectivity index (χ1) is 16.0. The van der Waals surface area contributed by atoms with Crippen molar-refractivity contribution < 1.29 is 14.4 Å². The Bertz CT molecular complexity index is 1120. The summed E-state index contributed by atoms with van der Waals surface area (Å²) in [6, 6.07) is 15.8. The fourth-order valence-corrected chi connectivity index (χ4v) is 3.67. The fourth-order valence-electron chi connectivity index (χ4n) is 3.67. The molecule has 4 amide bonds. The van der Waals surface area contributed by atoms with Gasteiger partial charge in [-0.25, -0.2) is 4.79 Å². The van der Waals surface area contributed by atoms with Crippen LogP contribution in [0.3, 0.4) is 0 Å². The average Bonchev–Trinajstić information content (AvgIpc) is 3.27. The summed E-state index contributed by atoms with van der Waals surface area (Å²) >= 11 is 0. The summed E-state index contributed by atoms with van der Waals surface area (Å²) in [5.74, 6) is -0.364. The lowest BCUT2D eigenvalue weighted by molar-refractivity contribution is 0.0918. The highest BCUT2D eigenvalue weighted by Crippen LogP contribution is 2.16. The number of rotatable bonds is 5. The van der Waals surface area contributed by atoms with Crippen LogP contribution in [0.1, 0.15) is 33.6 Å². The molecule has 1 aliphatic rings. The number of aromatic nitrogens is 2. The van der Waals surface area contributed by atoms with Gasteiger partial charge in [0.1, 0.15) is 0 Å². The van der Waals surface area contributed by atoms with Gasteiger partial charge in [-0.3, -0.25) is 14.3 Å². The van der Waals surface area contributed by atoms with Gasteiger partial charge in [-0.1, -0.05) is 18.2 Å². The molecule has 0 spiro atoms. The third-order valence-corrected chi connectivity index (χ3v) is 5.51. The molecule has 3 aromatic rings. The first-order valence-corrected chi connectivity index (χ1v) is 10.8. The second kappa shape index (κ2) is 9.99. The number of benzene rings is 2. The zero-order valence-electron chi connectivity index (χ0n) is 18.3. The third kappa shape index (κ3) is 5.76. The van der Waals surface area contributed by atoms with Crippen molar-refractivity contribution in [3.63, 3.8) is 0 Å². The zero-order valence-corrected chi connectivity index (χ0v) is 18.3. The van der Waals surface area contributed by atoms with Crippen LogP contribution in [-0.4, -0.2) is 51.7 Å². The topological polar surface area (TPSA) is 108 Å². The summed E-state index contributed by atoms with van der Waals surface area (Å²) < 4.78 is 1.59. The molecule has 0 bridgehead atoms. The highest BCUT2D eigenvalue weighted by atomic mass is 16.2. The van der Waals surface area contributed by atoms with Crippen molar-refractivity contribution in [2.24, 2.45) is 7.05 Å². The number of carbonyl (C=O) groups is 3. The van der Waals surface area contributed by atoms with Gasteiger partial charge in [-0.15, -0.1) is 0 Å². The van der Waals surface area contributed by atoms with Crippen molar-refractivity contribution in [2.75, 3.05) is 23.7 Å². The average molecular weight is 447 g/mol. The molecule has 2 heterocycles. The minimum absolute atomic E-state index is 0.0177. The summed E-state index contributed by atoms with van der Waals surface area (Å²) in [4.78, 5) is 39.0. The van der Waals surface area contributed by atoms with Crippen LogP contribution in [0.2, 0.25) is 0 Å². The van der Waals surface area contributed by atoms with Crippen molar-refractivity contribution in [3.05, 3.63) is 78.1 Å². The maximum Gasteiger partial charge on any atom is 0.321 e. The number of likely N-dealkylation sites (tertiary alicyclic amines) is 1. The van der Waals surface area contributed by atoms with E-state index in [2.05, 4.69) is 21.0 Å². The summed E-state index contributed by atoms with van der Waals surface area (Å²) in [7, 11) is 1.76. The minimum Gasteiger partial charge on any atom is -0.349 e. The SMILES string of the molecule is Cn1cc(C(=O)NC2CCN(C(=O)Nc3ccc(C(=O)Nc4ccccc4)cc3)CC2)cn1. The van der Waals surface area contributed by atoms with Gasteiger partial charge in [0.15, 0.2) is 0 Å². The van der Waals surface area contributed by atoms with Gasteiger partial charge in [-0.2, -0.15) is 5.10 Å². The summed E-state index contributed by atoms with van der Waals surface area (Å²) in [5.41, 5.74) is 2.36. The summed E-state index contributed by atoms with van der Waals surface area (Å²) in [6.07, 6.45) is 4.57. The number of hydrogen-bond acceptors (Lipinski definition) is 4. The minimum atomic E-state index is -0.213. The fraction of sp³-hybridized carbons (Fsp3) is 0.250. The lowest BCUT2D eigenvalue weighted by Crippen LogP contribution is -2.47. The molecule has 9 nitrogen and oxygen atoms in total. The van der Waals surface area contributed by atoms with Crippen molar-refractivity contribution in [2.45, 2.75) is 18.9 Å². The molecular weight excluding hydrogens is 420 g/mol. The van der Waals surface area contributed by atoms with Crippen LogP contribution in [-0.2, 0) is 7.05 Å². The van der Waals surface area contributed by atoms with Crippen LogP contribution >= 0.6 is 0 Å². The molecule has 2 aromatic carbocycles. The van der Waals surface area contributed by atoms with E-state index in [1.807, 2.05) is 30.3 Å². The Morgan fingerprint density at radius 1 is 0.848 bits per heavy atom. The molecule has 0 saturated carbocycles. The molecule has 0 atom stereocenters. The smallest absolute Gasteiger partial charge is 0.321 e. The molecule has 170 valence electrons. The number of nitrogens with zero attached hydrogens (tertiary/aromatic N) is 3. The maximum absolute atomic E-state index is 12.6. The quantitative estimate of drug-likeness (QED) is 0.560. The van der Waals surface area contributed by atoms with E-state index in [1.54, 1.807) is 47.1 Å². The van der Waals surface area contributed by atoms with E-state index in [0.29, 0.717) is 42.7 Å². The number of aryl methyl sites for hydroxylation is 1. The molecule has 1 aromatic heterocycles. The Morgan fingerprint density at radius 2 is 1.52 bits per heavy atom. The molecule has 1 fully saturated rings. The lowest BCUT2D eigenvalue weighted by atomic mass is 10.0. The highest BCUT2D eigenvalue weighted by molar-refractivity contribution is 6.04. The number of anilines is 2. The van der Waals surface area contributed by atoms with E-state index < -0.39 is 0 Å². The number of para-hydroxylation sites is 1. The molecule has 1 aliphatic heterocycles. The van der Waals surface area contributed by atoms with Gasteiger partial charge in [0, 0.05) is 49.3 Å². The predicted molar refractivity (Wildman–Crippen MR) is 125 cm³/mol. The normalized spacial score (nSPS) is 13.9. The molecular formula is C24H26N6O3. The molecule has 0 radical (unpaired) electrons. The Hall–Kier alpha value is -4.14. The molecule has 3 N–H and O–H groups in total. The molecule has 4 rings (SSSR count). The zero-order chi connectivity index (χ0) is 23.2. The van der Waals surface area contributed by atoms with Gasteiger partial charge in [-0.05, 0) is 49.2 Å². The van der Waals surface area contributed by atoms with Crippen molar-refractivity contribution in [1.29, 1.82) is 0 Å². The van der Waals surface area contributed by atoms with Crippen LogP contribution in [0, 0.1) is 0 Å². The van der Waals surface area contributed by atoms with E-state index in [0.717, 1.165) is 5.69 Å². The monoisotopic (exact) mass is 446 g/mol. The standard InChI is InChI=1S/C24H26N6O3/c1-29-16-18(15-25-29)23(32)27-21-11-13-30(14-12-21)24(33)28-20-9-7-17(8-10-20)22(31)26-19-5-3-2-4-6-19/h2-10,15-16,21H,11-14H2,1H3,(H,26,31)(H,27,32)(H,28,33). The number of hydrogen-bond donors (Lipinski definition) is 3.